The largest absolute Gasteiger partial charge is 0.395 e. The highest BCUT2D eigenvalue weighted by atomic mass is 16.6. The first-order valence-electron chi connectivity index (χ1n) is 6.91. The van der Waals surface area contributed by atoms with Crippen molar-refractivity contribution < 1.29 is 14.8 Å². The summed E-state index contributed by atoms with van der Waals surface area (Å²) in [6.07, 6.45) is 0. The van der Waals surface area contributed by atoms with E-state index in [4.69, 9.17) is 5.11 Å². The molecule has 7 heteroatoms. The molecule has 0 aromatic heterocycles. The van der Waals surface area contributed by atoms with E-state index < -0.39 is 4.92 Å². The Balaban J connectivity index is 2.15. The summed E-state index contributed by atoms with van der Waals surface area (Å²) in [5.41, 5.74) is 0.528. The van der Waals surface area contributed by atoms with Crippen molar-refractivity contribution in [2.75, 3.05) is 39.3 Å². The molecule has 0 saturated carbocycles. The van der Waals surface area contributed by atoms with Gasteiger partial charge in [0, 0.05) is 38.3 Å². The molecule has 0 radical (unpaired) electrons. The molecule has 1 fully saturated rings. The number of para-hydroxylation sites is 1. The van der Waals surface area contributed by atoms with E-state index in [1.165, 1.54) is 6.07 Å². The summed E-state index contributed by atoms with van der Waals surface area (Å²) in [5, 5.41) is 20.1. The van der Waals surface area contributed by atoms with Crippen LogP contribution < -0.4 is 0 Å². The molecule has 1 aliphatic heterocycles. The SMILES string of the molecule is Cc1cccc(C(=O)N2CCN(CCO)CC2)c1[N+](=O)[O-]. The van der Waals surface area contributed by atoms with E-state index in [1.807, 2.05) is 0 Å². The van der Waals surface area contributed by atoms with E-state index >= 15 is 0 Å². The quantitative estimate of drug-likeness (QED) is 0.650. The van der Waals surface area contributed by atoms with Crippen molar-refractivity contribution in [3.05, 3.63) is 39.4 Å². The summed E-state index contributed by atoms with van der Waals surface area (Å²) < 4.78 is 0. The van der Waals surface area contributed by atoms with E-state index in [-0.39, 0.29) is 23.8 Å². The highest BCUT2D eigenvalue weighted by Crippen LogP contribution is 2.24. The number of nitrogens with zero attached hydrogens (tertiary/aromatic N) is 3. The lowest BCUT2D eigenvalue weighted by Gasteiger charge is -2.34. The van der Waals surface area contributed by atoms with Gasteiger partial charge in [-0.15, -0.1) is 0 Å². The number of aryl methyl sites for hydroxylation is 1. The fourth-order valence-corrected chi connectivity index (χ4v) is 2.56. The first-order valence-corrected chi connectivity index (χ1v) is 6.91. The third-order valence-electron chi connectivity index (χ3n) is 3.73. The summed E-state index contributed by atoms with van der Waals surface area (Å²) in [6, 6.07) is 4.80. The Hall–Kier alpha value is -1.99. The number of carbonyl (C=O) groups is 1. The average molecular weight is 293 g/mol. The summed E-state index contributed by atoms with van der Waals surface area (Å²) in [6.45, 7) is 4.70. The number of hydrogen-bond acceptors (Lipinski definition) is 5. The zero-order valence-electron chi connectivity index (χ0n) is 12.0. The Labute approximate surface area is 122 Å². The number of β-amino-alcohol motifs (C(OH)–C–C–N with tert-alkyl or cyclic N) is 1. The van der Waals surface area contributed by atoms with E-state index in [1.54, 1.807) is 24.0 Å². The summed E-state index contributed by atoms with van der Waals surface area (Å²) >= 11 is 0. The van der Waals surface area contributed by atoms with E-state index in [0.717, 1.165) is 0 Å². The molecule has 0 unspecified atom stereocenters. The second-order valence-electron chi connectivity index (χ2n) is 5.09. The number of amides is 1. The zero-order chi connectivity index (χ0) is 15.4. The van der Waals surface area contributed by atoms with Crippen LogP contribution in [-0.4, -0.2) is 65.1 Å². The predicted octanol–water partition coefficient (Wildman–Crippen LogP) is 0.653. The van der Waals surface area contributed by atoms with Crippen molar-refractivity contribution in [2.24, 2.45) is 0 Å². The lowest BCUT2D eigenvalue weighted by Crippen LogP contribution is -2.49. The van der Waals surface area contributed by atoms with Gasteiger partial charge in [-0.3, -0.25) is 19.8 Å². The first kappa shape index (κ1) is 15.4. The van der Waals surface area contributed by atoms with Gasteiger partial charge in [-0.25, -0.2) is 0 Å². The van der Waals surface area contributed by atoms with Gasteiger partial charge in [0.15, 0.2) is 0 Å². The maximum absolute atomic E-state index is 12.5. The van der Waals surface area contributed by atoms with Gasteiger partial charge in [-0.2, -0.15) is 0 Å². The Morgan fingerprint density at radius 2 is 2.00 bits per heavy atom. The average Bonchev–Trinajstić information content (AvgIpc) is 2.47. The topological polar surface area (TPSA) is 86.9 Å². The van der Waals surface area contributed by atoms with Crippen LogP contribution in [0.2, 0.25) is 0 Å². The lowest BCUT2D eigenvalue weighted by atomic mass is 10.1. The molecule has 2 rings (SSSR count). The van der Waals surface area contributed by atoms with E-state index in [9.17, 15) is 14.9 Å². The number of aliphatic hydroxyl groups is 1. The van der Waals surface area contributed by atoms with Crippen LogP contribution >= 0.6 is 0 Å². The van der Waals surface area contributed by atoms with Crippen molar-refractivity contribution in [1.29, 1.82) is 0 Å². The van der Waals surface area contributed by atoms with Crippen molar-refractivity contribution in [3.8, 4) is 0 Å². The predicted molar refractivity (Wildman–Crippen MR) is 77.3 cm³/mol. The van der Waals surface area contributed by atoms with Crippen molar-refractivity contribution in [2.45, 2.75) is 6.92 Å². The Bertz CT molecular complexity index is 539. The second kappa shape index (κ2) is 6.64. The van der Waals surface area contributed by atoms with Gasteiger partial charge in [0.1, 0.15) is 5.56 Å². The number of carbonyl (C=O) groups excluding carboxylic acids is 1. The smallest absolute Gasteiger partial charge is 0.285 e. The maximum atomic E-state index is 12.5. The maximum Gasteiger partial charge on any atom is 0.285 e. The van der Waals surface area contributed by atoms with Gasteiger partial charge < -0.3 is 10.0 Å². The molecule has 1 N–H and O–H groups in total. The van der Waals surface area contributed by atoms with Crippen molar-refractivity contribution in [3.63, 3.8) is 0 Å². The fraction of sp³-hybridized carbons (Fsp3) is 0.500. The number of piperazine rings is 1. The molecular weight excluding hydrogens is 274 g/mol. The van der Waals surface area contributed by atoms with Crippen LogP contribution in [0.1, 0.15) is 15.9 Å². The number of nitro groups is 1. The van der Waals surface area contributed by atoms with Crippen LogP contribution in [0.3, 0.4) is 0 Å². The molecule has 1 saturated heterocycles. The fourth-order valence-electron chi connectivity index (χ4n) is 2.56. The molecule has 1 aromatic rings. The van der Waals surface area contributed by atoms with Gasteiger partial charge in [-0.1, -0.05) is 12.1 Å². The van der Waals surface area contributed by atoms with Crippen LogP contribution in [0.5, 0.6) is 0 Å². The number of hydrogen-bond donors (Lipinski definition) is 1. The van der Waals surface area contributed by atoms with Crippen LogP contribution in [0, 0.1) is 17.0 Å². The zero-order valence-corrected chi connectivity index (χ0v) is 12.0. The lowest BCUT2D eigenvalue weighted by molar-refractivity contribution is -0.385. The summed E-state index contributed by atoms with van der Waals surface area (Å²) in [4.78, 5) is 26.9. The van der Waals surface area contributed by atoms with Crippen molar-refractivity contribution >= 4 is 11.6 Å². The van der Waals surface area contributed by atoms with Gasteiger partial charge in [0.25, 0.3) is 11.6 Å². The molecular formula is C14H19N3O4. The molecule has 0 spiro atoms. The van der Waals surface area contributed by atoms with E-state index in [0.29, 0.717) is 38.3 Å². The second-order valence-corrected chi connectivity index (χ2v) is 5.09. The number of benzene rings is 1. The summed E-state index contributed by atoms with van der Waals surface area (Å²) in [7, 11) is 0. The van der Waals surface area contributed by atoms with Crippen LogP contribution in [-0.2, 0) is 0 Å². The number of nitro benzene ring substituents is 1. The molecule has 0 atom stereocenters. The molecule has 1 amide bonds. The van der Waals surface area contributed by atoms with Crippen LogP contribution in [0.15, 0.2) is 18.2 Å². The Morgan fingerprint density at radius 3 is 2.57 bits per heavy atom. The third-order valence-corrected chi connectivity index (χ3v) is 3.73. The minimum Gasteiger partial charge on any atom is -0.395 e. The highest BCUT2D eigenvalue weighted by Gasteiger charge is 2.28. The van der Waals surface area contributed by atoms with Gasteiger partial charge >= 0.3 is 0 Å². The Morgan fingerprint density at radius 1 is 1.33 bits per heavy atom. The molecule has 0 aliphatic carbocycles. The molecule has 114 valence electrons. The van der Waals surface area contributed by atoms with Crippen LogP contribution in [0.25, 0.3) is 0 Å². The normalized spacial score (nSPS) is 16.0. The minimum atomic E-state index is -0.495. The standard InChI is InChI=1S/C14H19N3O4/c1-11-3-2-4-12(13(11)17(20)21)14(19)16-7-5-15(6-8-16)9-10-18/h2-4,18H,5-10H2,1H3. The van der Waals surface area contributed by atoms with Gasteiger partial charge in [0.05, 0.1) is 11.5 Å². The first-order chi connectivity index (χ1) is 10.0. The number of rotatable bonds is 4. The summed E-state index contributed by atoms with van der Waals surface area (Å²) in [5.74, 6) is -0.297. The molecule has 1 heterocycles. The monoisotopic (exact) mass is 293 g/mol. The highest BCUT2D eigenvalue weighted by molar-refractivity contribution is 5.98. The third kappa shape index (κ3) is 3.37. The van der Waals surface area contributed by atoms with E-state index in [2.05, 4.69) is 4.90 Å². The van der Waals surface area contributed by atoms with Crippen molar-refractivity contribution in [1.82, 2.24) is 9.80 Å². The molecule has 1 aromatic carbocycles. The van der Waals surface area contributed by atoms with Gasteiger partial charge in [0.2, 0.25) is 0 Å². The molecule has 7 nitrogen and oxygen atoms in total. The Kier molecular flexibility index (Phi) is 4.87. The molecule has 1 aliphatic rings. The minimum absolute atomic E-state index is 0.0945. The number of aliphatic hydroxyl groups excluding tert-OH is 1. The molecule has 21 heavy (non-hydrogen) atoms. The van der Waals surface area contributed by atoms with Crippen LogP contribution in [0.4, 0.5) is 5.69 Å². The molecule has 0 bridgehead atoms. The van der Waals surface area contributed by atoms with Gasteiger partial charge in [-0.05, 0) is 13.0 Å².